The van der Waals surface area contributed by atoms with Gasteiger partial charge in [0, 0.05) is 17.5 Å². The fraction of sp³-hybridized carbons (Fsp3) is 0.324. The maximum Gasteiger partial charge on any atom is 0.336 e. The smallest absolute Gasteiger partial charge is 0.336 e. The van der Waals surface area contributed by atoms with E-state index in [1.807, 2.05) is 55.9 Å². The minimum Gasteiger partial charge on any atom is -0.487 e. The van der Waals surface area contributed by atoms with E-state index in [9.17, 15) is 15.0 Å². The Hall–Kier alpha value is -4.67. The van der Waals surface area contributed by atoms with E-state index in [1.54, 1.807) is 24.8 Å². The molecule has 0 saturated heterocycles. The SMILES string of the molecule is Cc1cc2ncn(CC(O)COc3cc4oc(=O)cc(C)c4cc3OCC(O)Cn3cnc4cc(C)c(C)cc43)c2cc1C. The topological polar surface area (TPSA) is 125 Å². The van der Waals surface area contributed by atoms with E-state index in [4.69, 9.17) is 13.9 Å². The molecule has 6 aromatic rings. The highest BCUT2D eigenvalue weighted by Crippen LogP contribution is 2.34. The van der Waals surface area contributed by atoms with Gasteiger partial charge >= 0.3 is 5.63 Å². The van der Waals surface area contributed by atoms with Crippen molar-refractivity contribution in [2.45, 2.75) is 59.9 Å². The number of aliphatic hydroxyl groups excluding tert-OH is 2. The van der Waals surface area contributed by atoms with Crippen molar-refractivity contribution in [3.8, 4) is 11.5 Å². The van der Waals surface area contributed by atoms with E-state index in [0.717, 1.165) is 49.9 Å². The van der Waals surface area contributed by atoms with Gasteiger partial charge in [0.2, 0.25) is 0 Å². The summed E-state index contributed by atoms with van der Waals surface area (Å²) in [7, 11) is 0. The number of ether oxygens (including phenoxy) is 2. The van der Waals surface area contributed by atoms with Gasteiger partial charge in [0.05, 0.1) is 47.8 Å². The number of benzene rings is 3. The number of nitrogens with zero attached hydrogens (tertiary/aromatic N) is 4. The van der Waals surface area contributed by atoms with Gasteiger partial charge in [0.15, 0.2) is 11.5 Å². The van der Waals surface area contributed by atoms with Gasteiger partial charge in [-0.1, -0.05) is 0 Å². The van der Waals surface area contributed by atoms with Crippen molar-refractivity contribution in [2.24, 2.45) is 0 Å². The molecule has 0 bridgehead atoms. The normalized spacial score (nSPS) is 13.2. The Balaban J connectivity index is 1.19. The first-order valence-electron chi connectivity index (χ1n) is 14.6. The van der Waals surface area contributed by atoms with Crippen LogP contribution in [0, 0.1) is 34.6 Å². The van der Waals surface area contributed by atoms with E-state index >= 15 is 0 Å². The first kappa shape index (κ1) is 29.4. The lowest BCUT2D eigenvalue weighted by atomic mass is 10.1. The molecule has 0 radical (unpaired) electrons. The second-order valence-corrected chi connectivity index (χ2v) is 11.6. The van der Waals surface area contributed by atoms with Crippen molar-refractivity contribution in [2.75, 3.05) is 13.2 Å². The zero-order valence-electron chi connectivity index (χ0n) is 25.5. The van der Waals surface area contributed by atoms with Crippen LogP contribution in [0.1, 0.15) is 27.8 Å². The van der Waals surface area contributed by atoms with Gasteiger partial charge in [-0.05, 0) is 92.8 Å². The van der Waals surface area contributed by atoms with E-state index in [1.165, 1.54) is 6.07 Å². The van der Waals surface area contributed by atoms with Crippen LogP contribution in [-0.4, -0.2) is 54.7 Å². The molecule has 0 amide bonds. The third-order valence-corrected chi connectivity index (χ3v) is 8.17. The fourth-order valence-corrected chi connectivity index (χ4v) is 5.40. The molecule has 2 unspecified atom stereocenters. The molecule has 0 aliphatic rings. The lowest BCUT2D eigenvalue weighted by molar-refractivity contribution is 0.0806. The van der Waals surface area contributed by atoms with Gasteiger partial charge < -0.3 is 33.2 Å². The van der Waals surface area contributed by atoms with Gasteiger partial charge in [-0.3, -0.25) is 0 Å². The molecule has 10 heteroatoms. The molecule has 3 aromatic carbocycles. The van der Waals surface area contributed by atoms with Crippen molar-refractivity contribution in [3.05, 3.63) is 93.4 Å². The number of rotatable bonds is 10. The number of aromatic nitrogens is 4. The van der Waals surface area contributed by atoms with Gasteiger partial charge in [-0.15, -0.1) is 0 Å². The molecule has 0 aliphatic carbocycles. The van der Waals surface area contributed by atoms with Crippen molar-refractivity contribution in [1.82, 2.24) is 19.1 Å². The molecule has 0 spiro atoms. The lowest BCUT2D eigenvalue weighted by Crippen LogP contribution is -2.25. The van der Waals surface area contributed by atoms with Crippen molar-refractivity contribution >= 4 is 33.0 Å². The highest BCUT2D eigenvalue weighted by molar-refractivity contribution is 5.84. The van der Waals surface area contributed by atoms with Crippen molar-refractivity contribution in [3.63, 3.8) is 0 Å². The van der Waals surface area contributed by atoms with Crippen LogP contribution in [0.2, 0.25) is 0 Å². The van der Waals surface area contributed by atoms with Crippen LogP contribution in [0.5, 0.6) is 11.5 Å². The Kier molecular flexibility index (Phi) is 7.87. The molecule has 44 heavy (non-hydrogen) atoms. The predicted molar refractivity (Wildman–Crippen MR) is 169 cm³/mol. The summed E-state index contributed by atoms with van der Waals surface area (Å²) in [6.07, 6.45) is 1.71. The van der Waals surface area contributed by atoms with Crippen molar-refractivity contribution in [1.29, 1.82) is 0 Å². The van der Waals surface area contributed by atoms with Gasteiger partial charge in [-0.2, -0.15) is 0 Å². The van der Waals surface area contributed by atoms with E-state index < -0.39 is 17.8 Å². The number of hydrogen-bond donors (Lipinski definition) is 2. The summed E-state index contributed by atoms with van der Waals surface area (Å²) in [5, 5.41) is 22.5. The summed E-state index contributed by atoms with van der Waals surface area (Å²) in [6, 6.07) is 12.9. The first-order valence-corrected chi connectivity index (χ1v) is 14.6. The minimum absolute atomic E-state index is 0.0233. The number of hydrogen-bond acceptors (Lipinski definition) is 8. The summed E-state index contributed by atoms with van der Waals surface area (Å²) < 4.78 is 21.4. The third-order valence-electron chi connectivity index (χ3n) is 8.17. The summed E-state index contributed by atoms with van der Waals surface area (Å²) in [5.41, 5.74) is 8.83. The quantitative estimate of drug-likeness (QED) is 0.214. The zero-order chi connectivity index (χ0) is 31.1. The molecule has 228 valence electrons. The maximum atomic E-state index is 12.1. The van der Waals surface area contributed by atoms with Crippen LogP contribution in [0.4, 0.5) is 0 Å². The Labute approximate surface area is 254 Å². The number of aryl methyl sites for hydroxylation is 5. The second kappa shape index (κ2) is 11.8. The largest absolute Gasteiger partial charge is 0.487 e. The van der Waals surface area contributed by atoms with Crippen LogP contribution >= 0.6 is 0 Å². The first-order chi connectivity index (χ1) is 21.0. The van der Waals surface area contributed by atoms with Crippen LogP contribution in [0.15, 0.2) is 64.3 Å². The molecular formula is C34H36N4O6. The van der Waals surface area contributed by atoms with Crippen LogP contribution in [0.25, 0.3) is 33.0 Å². The van der Waals surface area contributed by atoms with E-state index in [0.29, 0.717) is 22.5 Å². The Morgan fingerprint density at radius 3 is 1.68 bits per heavy atom. The molecule has 3 heterocycles. The number of imidazole rings is 2. The van der Waals surface area contributed by atoms with Crippen molar-refractivity contribution < 1.29 is 24.1 Å². The van der Waals surface area contributed by atoms with Crippen LogP contribution < -0.4 is 15.1 Å². The summed E-state index contributed by atoms with van der Waals surface area (Å²) in [5.74, 6) is 0.653. The summed E-state index contributed by atoms with van der Waals surface area (Å²) >= 11 is 0. The average molecular weight is 597 g/mol. The molecule has 10 nitrogen and oxygen atoms in total. The minimum atomic E-state index is -0.866. The number of aliphatic hydroxyl groups is 2. The maximum absolute atomic E-state index is 12.1. The standard InChI is InChI=1S/C34H36N4O6/c1-19-6-27-29(8-21(19)3)37(17-35-27)13-24(39)15-42-32-11-26-23(5)10-34(41)44-31(26)12-33(32)43-16-25(40)14-38-18-36-28-7-20(2)22(4)9-30(28)38/h6-12,17-18,24-25,39-40H,13-16H2,1-5H3. The fourth-order valence-electron chi connectivity index (χ4n) is 5.40. The molecule has 0 aliphatic heterocycles. The second-order valence-electron chi connectivity index (χ2n) is 11.6. The molecular weight excluding hydrogens is 560 g/mol. The van der Waals surface area contributed by atoms with E-state index in [-0.39, 0.29) is 26.3 Å². The van der Waals surface area contributed by atoms with Gasteiger partial charge in [-0.25, -0.2) is 14.8 Å². The highest BCUT2D eigenvalue weighted by Gasteiger charge is 2.17. The summed E-state index contributed by atoms with van der Waals surface area (Å²) in [6.45, 7) is 10.5. The summed E-state index contributed by atoms with van der Waals surface area (Å²) in [4.78, 5) is 21.0. The monoisotopic (exact) mass is 596 g/mol. The van der Waals surface area contributed by atoms with Gasteiger partial charge in [0.25, 0.3) is 0 Å². The van der Waals surface area contributed by atoms with Crippen LogP contribution in [-0.2, 0) is 13.1 Å². The van der Waals surface area contributed by atoms with Crippen LogP contribution in [0.3, 0.4) is 0 Å². The molecule has 3 aromatic heterocycles. The molecule has 0 fully saturated rings. The number of fused-ring (bicyclic) bond motifs is 3. The molecule has 2 atom stereocenters. The Morgan fingerprint density at radius 1 is 0.682 bits per heavy atom. The average Bonchev–Trinajstić information content (AvgIpc) is 3.53. The predicted octanol–water partition coefficient (Wildman–Crippen LogP) is 4.91. The molecule has 6 rings (SSSR count). The Bertz CT molecular complexity index is 2060. The third kappa shape index (κ3) is 5.91. The van der Waals surface area contributed by atoms with E-state index in [2.05, 4.69) is 22.1 Å². The Morgan fingerprint density at radius 2 is 1.16 bits per heavy atom. The zero-order valence-corrected chi connectivity index (χ0v) is 25.5. The molecule has 2 N–H and O–H groups in total. The molecule has 0 saturated carbocycles. The van der Waals surface area contributed by atoms with Gasteiger partial charge in [0.1, 0.15) is 31.0 Å². The lowest BCUT2D eigenvalue weighted by Gasteiger charge is -2.19. The highest BCUT2D eigenvalue weighted by atomic mass is 16.5.